The number of nitrogen functional groups attached to an aromatic ring is 1. The summed E-state index contributed by atoms with van der Waals surface area (Å²) in [6.07, 6.45) is 2.76. The van der Waals surface area contributed by atoms with Crippen LogP contribution >= 0.6 is 0 Å². The van der Waals surface area contributed by atoms with Crippen molar-refractivity contribution >= 4 is 11.6 Å². The molecule has 0 radical (unpaired) electrons. The van der Waals surface area contributed by atoms with Crippen molar-refractivity contribution in [2.24, 2.45) is 0 Å². The van der Waals surface area contributed by atoms with Crippen molar-refractivity contribution in [3.63, 3.8) is 0 Å². The molecular formula is C12H16N2O2. The van der Waals surface area contributed by atoms with Gasteiger partial charge in [-0.2, -0.15) is 0 Å². The maximum absolute atomic E-state index is 11.9. The first-order valence-corrected chi connectivity index (χ1v) is 5.44. The van der Waals surface area contributed by atoms with E-state index in [-0.39, 0.29) is 12.5 Å². The van der Waals surface area contributed by atoms with Crippen LogP contribution in [0.2, 0.25) is 0 Å². The van der Waals surface area contributed by atoms with Crippen LogP contribution in [0.4, 0.5) is 5.69 Å². The van der Waals surface area contributed by atoms with E-state index in [1.807, 2.05) is 0 Å². The van der Waals surface area contributed by atoms with Crippen LogP contribution in [0.3, 0.4) is 0 Å². The molecule has 16 heavy (non-hydrogen) atoms. The minimum Gasteiger partial charge on any atom is -0.399 e. The lowest BCUT2D eigenvalue weighted by atomic mass is 9.77. The van der Waals surface area contributed by atoms with Gasteiger partial charge in [0.25, 0.3) is 5.91 Å². The van der Waals surface area contributed by atoms with Gasteiger partial charge in [0, 0.05) is 11.3 Å². The second-order valence-electron chi connectivity index (χ2n) is 4.37. The molecule has 1 aromatic carbocycles. The van der Waals surface area contributed by atoms with Crippen LogP contribution in [0.15, 0.2) is 24.3 Å². The first-order valence-electron chi connectivity index (χ1n) is 5.44. The molecule has 86 valence electrons. The topological polar surface area (TPSA) is 75.4 Å². The maximum atomic E-state index is 11.9. The van der Waals surface area contributed by atoms with Crippen molar-refractivity contribution in [3.05, 3.63) is 29.8 Å². The van der Waals surface area contributed by atoms with Crippen molar-refractivity contribution in [1.29, 1.82) is 0 Å². The van der Waals surface area contributed by atoms with Crippen LogP contribution in [-0.4, -0.2) is 23.2 Å². The number of carbonyl (C=O) groups is 1. The maximum Gasteiger partial charge on any atom is 0.251 e. The predicted octanol–water partition coefficient (Wildman–Crippen LogP) is 0.914. The Hall–Kier alpha value is -1.55. The summed E-state index contributed by atoms with van der Waals surface area (Å²) in [5.41, 5.74) is 6.37. The van der Waals surface area contributed by atoms with E-state index < -0.39 is 5.54 Å². The second kappa shape index (κ2) is 4.14. The number of hydrogen-bond donors (Lipinski definition) is 3. The lowest BCUT2D eigenvalue weighted by Gasteiger charge is -2.40. The molecule has 1 aromatic rings. The molecule has 1 fully saturated rings. The van der Waals surface area contributed by atoms with E-state index in [4.69, 9.17) is 5.73 Å². The minimum atomic E-state index is -0.390. The fourth-order valence-electron chi connectivity index (χ4n) is 1.87. The third-order valence-corrected chi connectivity index (χ3v) is 3.16. The average Bonchev–Trinajstić information content (AvgIpc) is 2.24. The number of aliphatic hydroxyl groups is 1. The number of aliphatic hydroxyl groups excluding tert-OH is 1. The Bertz CT molecular complexity index is 377. The Morgan fingerprint density at radius 2 is 2.00 bits per heavy atom. The van der Waals surface area contributed by atoms with Gasteiger partial charge in [0.2, 0.25) is 0 Å². The molecule has 0 spiro atoms. The summed E-state index contributed by atoms with van der Waals surface area (Å²) in [4.78, 5) is 11.9. The van der Waals surface area contributed by atoms with Gasteiger partial charge in [0.05, 0.1) is 12.1 Å². The number of anilines is 1. The van der Waals surface area contributed by atoms with Crippen LogP contribution in [0.25, 0.3) is 0 Å². The summed E-state index contributed by atoms with van der Waals surface area (Å²) in [5.74, 6) is -0.145. The monoisotopic (exact) mass is 220 g/mol. The average molecular weight is 220 g/mol. The molecule has 4 N–H and O–H groups in total. The van der Waals surface area contributed by atoms with Gasteiger partial charge in [0.15, 0.2) is 0 Å². The zero-order valence-electron chi connectivity index (χ0n) is 9.07. The van der Waals surface area contributed by atoms with Crippen molar-refractivity contribution in [2.45, 2.75) is 24.8 Å². The van der Waals surface area contributed by atoms with Gasteiger partial charge in [-0.15, -0.1) is 0 Å². The lowest BCUT2D eigenvalue weighted by Crippen LogP contribution is -2.56. The molecule has 1 saturated carbocycles. The smallest absolute Gasteiger partial charge is 0.251 e. The Balaban J connectivity index is 2.05. The van der Waals surface area contributed by atoms with E-state index in [1.54, 1.807) is 24.3 Å². The summed E-state index contributed by atoms with van der Waals surface area (Å²) in [6.45, 7) is 0.00765. The molecule has 4 nitrogen and oxygen atoms in total. The third kappa shape index (κ3) is 2.02. The van der Waals surface area contributed by atoms with Crippen molar-refractivity contribution in [1.82, 2.24) is 5.32 Å². The summed E-state index contributed by atoms with van der Waals surface area (Å²) >= 11 is 0. The standard InChI is InChI=1S/C12H16N2O2/c13-10-4-2-9(3-5-10)11(16)14-12(8-15)6-1-7-12/h2-5,15H,1,6-8,13H2,(H,14,16). The minimum absolute atomic E-state index is 0.00765. The highest BCUT2D eigenvalue weighted by Gasteiger charge is 2.37. The Labute approximate surface area is 94.5 Å². The van der Waals surface area contributed by atoms with Crippen LogP contribution in [0, 0.1) is 0 Å². The highest BCUT2D eigenvalue weighted by Crippen LogP contribution is 2.31. The Morgan fingerprint density at radius 3 is 2.44 bits per heavy atom. The normalized spacial score (nSPS) is 17.6. The summed E-state index contributed by atoms with van der Waals surface area (Å²) < 4.78 is 0. The number of nitrogens with one attached hydrogen (secondary N) is 1. The molecule has 2 rings (SSSR count). The number of benzene rings is 1. The number of nitrogens with two attached hydrogens (primary N) is 1. The van der Waals surface area contributed by atoms with Gasteiger partial charge >= 0.3 is 0 Å². The van der Waals surface area contributed by atoms with Gasteiger partial charge in [-0.3, -0.25) is 4.79 Å². The molecule has 1 aliphatic rings. The third-order valence-electron chi connectivity index (χ3n) is 3.16. The molecular weight excluding hydrogens is 204 g/mol. The number of carbonyl (C=O) groups excluding carboxylic acids is 1. The zero-order chi connectivity index (χ0) is 11.6. The fraction of sp³-hybridized carbons (Fsp3) is 0.417. The zero-order valence-corrected chi connectivity index (χ0v) is 9.07. The van der Waals surface area contributed by atoms with Crippen molar-refractivity contribution in [2.75, 3.05) is 12.3 Å². The molecule has 1 aliphatic carbocycles. The lowest BCUT2D eigenvalue weighted by molar-refractivity contribution is 0.0641. The van der Waals surface area contributed by atoms with E-state index in [9.17, 15) is 9.90 Å². The quantitative estimate of drug-likeness (QED) is 0.663. The van der Waals surface area contributed by atoms with E-state index in [2.05, 4.69) is 5.32 Å². The predicted molar refractivity (Wildman–Crippen MR) is 62.0 cm³/mol. The molecule has 0 heterocycles. The van der Waals surface area contributed by atoms with Crippen LogP contribution < -0.4 is 11.1 Å². The first kappa shape index (κ1) is 11.0. The molecule has 0 atom stereocenters. The number of rotatable bonds is 3. The highest BCUT2D eigenvalue weighted by atomic mass is 16.3. The van der Waals surface area contributed by atoms with Crippen molar-refractivity contribution < 1.29 is 9.90 Å². The van der Waals surface area contributed by atoms with E-state index in [0.29, 0.717) is 11.3 Å². The van der Waals surface area contributed by atoms with E-state index >= 15 is 0 Å². The van der Waals surface area contributed by atoms with Gasteiger partial charge < -0.3 is 16.2 Å². The van der Waals surface area contributed by atoms with Crippen LogP contribution in [0.5, 0.6) is 0 Å². The van der Waals surface area contributed by atoms with E-state index in [1.165, 1.54) is 0 Å². The number of amides is 1. The Morgan fingerprint density at radius 1 is 1.38 bits per heavy atom. The molecule has 1 amide bonds. The van der Waals surface area contributed by atoms with Crippen LogP contribution in [0.1, 0.15) is 29.6 Å². The van der Waals surface area contributed by atoms with Gasteiger partial charge in [-0.25, -0.2) is 0 Å². The SMILES string of the molecule is Nc1ccc(C(=O)NC2(CO)CCC2)cc1. The van der Waals surface area contributed by atoms with Gasteiger partial charge in [-0.05, 0) is 43.5 Å². The molecule has 0 saturated heterocycles. The molecule has 0 bridgehead atoms. The summed E-state index contributed by atoms with van der Waals surface area (Å²) in [5, 5.41) is 12.1. The molecule has 0 aromatic heterocycles. The highest BCUT2D eigenvalue weighted by molar-refractivity contribution is 5.95. The van der Waals surface area contributed by atoms with Gasteiger partial charge in [0.1, 0.15) is 0 Å². The fourth-order valence-corrected chi connectivity index (χ4v) is 1.87. The second-order valence-corrected chi connectivity index (χ2v) is 4.37. The van der Waals surface area contributed by atoms with Crippen molar-refractivity contribution in [3.8, 4) is 0 Å². The largest absolute Gasteiger partial charge is 0.399 e. The Kier molecular flexibility index (Phi) is 2.83. The van der Waals surface area contributed by atoms with Gasteiger partial charge in [-0.1, -0.05) is 0 Å². The first-order chi connectivity index (χ1) is 7.65. The molecule has 0 unspecified atom stereocenters. The van der Waals surface area contributed by atoms with E-state index in [0.717, 1.165) is 19.3 Å². The molecule has 0 aliphatic heterocycles. The van der Waals surface area contributed by atoms with Crippen LogP contribution in [-0.2, 0) is 0 Å². The number of hydrogen-bond acceptors (Lipinski definition) is 3. The summed E-state index contributed by atoms with van der Waals surface area (Å²) in [6, 6.07) is 6.77. The molecule has 4 heteroatoms. The summed E-state index contributed by atoms with van der Waals surface area (Å²) in [7, 11) is 0.